The molecule has 25 heavy (non-hydrogen) atoms. The van der Waals surface area contributed by atoms with Gasteiger partial charge in [-0.2, -0.15) is 0 Å². The predicted octanol–water partition coefficient (Wildman–Crippen LogP) is 3.33. The fourth-order valence-corrected chi connectivity index (χ4v) is 3.69. The van der Waals surface area contributed by atoms with Crippen LogP contribution in [0, 0.1) is 0 Å². The number of sulfonamides is 1. The van der Waals surface area contributed by atoms with E-state index in [4.69, 9.17) is 5.14 Å². The van der Waals surface area contributed by atoms with Gasteiger partial charge in [0, 0.05) is 15.7 Å². The van der Waals surface area contributed by atoms with E-state index in [0.717, 1.165) is 4.90 Å². The van der Waals surface area contributed by atoms with Crippen LogP contribution in [0.2, 0.25) is 0 Å². The molecule has 3 N–H and O–H groups in total. The summed E-state index contributed by atoms with van der Waals surface area (Å²) in [7, 11) is -3.77. The van der Waals surface area contributed by atoms with Crippen LogP contribution in [-0.4, -0.2) is 19.6 Å². The summed E-state index contributed by atoms with van der Waals surface area (Å²) in [5.41, 5.74) is 1.23. The molecule has 5 nitrogen and oxygen atoms in total. The third-order valence-electron chi connectivity index (χ3n) is 3.52. The first-order valence-electron chi connectivity index (χ1n) is 7.87. The second kappa shape index (κ2) is 8.03. The molecule has 2 aromatic rings. The fraction of sp³-hybridized carbons (Fsp3) is 0.278. The molecular weight excluding hydrogens is 356 g/mol. The van der Waals surface area contributed by atoms with Crippen LogP contribution >= 0.6 is 11.8 Å². The molecule has 7 heteroatoms. The molecule has 0 spiro atoms. The van der Waals surface area contributed by atoms with E-state index in [9.17, 15) is 13.2 Å². The van der Waals surface area contributed by atoms with Crippen molar-refractivity contribution in [1.82, 2.24) is 5.32 Å². The zero-order valence-electron chi connectivity index (χ0n) is 14.4. The summed E-state index contributed by atoms with van der Waals surface area (Å²) in [5, 5.41) is 8.50. The highest BCUT2D eigenvalue weighted by molar-refractivity contribution is 7.99. The van der Waals surface area contributed by atoms with Gasteiger partial charge in [0.15, 0.2) is 0 Å². The molecule has 2 aromatic carbocycles. The van der Waals surface area contributed by atoms with E-state index in [2.05, 4.69) is 19.2 Å². The van der Waals surface area contributed by atoms with E-state index in [1.165, 1.54) is 12.1 Å². The Balaban J connectivity index is 2.10. The van der Waals surface area contributed by atoms with Crippen molar-refractivity contribution in [3.63, 3.8) is 0 Å². The summed E-state index contributed by atoms with van der Waals surface area (Å²) in [6.45, 7) is 6.02. The number of hydrogen-bond acceptors (Lipinski definition) is 4. The van der Waals surface area contributed by atoms with Gasteiger partial charge >= 0.3 is 0 Å². The van der Waals surface area contributed by atoms with Crippen molar-refractivity contribution in [2.24, 2.45) is 5.14 Å². The molecule has 2 rings (SSSR count). The van der Waals surface area contributed by atoms with Crippen molar-refractivity contribution in [3.05, 3.63) is 59.7 Å². The number of thioether (sulfide) groups is 1. The smallest absolute Gasteiger partial charge is 0.251 e. The number of rotatable bonds is 6. The summed E-state index contributed by atoms with van der Waals surface area (Å²) in [5.74, 6) is -0.213. The maximum atomic E-state index is 12.4. The maximum Gasteiger partial charge on any atom is 0.251 e. The van der Waals surface area contributed by atoms with E-state index in [1.807, 2.05) is 12.1 Å². The average molecular weight is 379 g/mol. The Kier molecular flexibility index (Phi) is 6.26. The molecule has 1 amide bonds. The quantitative estimate of drug-likeness (QED) is 0.755. The number of carbonyl (C=O) groups is 1. The molecule has 0 aromatic heterocycles. The Bertz CT molecular complexity index is 847. The van der Waals surface area contributed by atoms with Gasteiger partial charge in [0.05, 0.1) is 10.9 Å². The molecular formula is C18H22N2O3S2. The van der Waals surface area contributed by atoms with Crippen LogP contribution in [-0.2, 0) is 10.0 Å². The van der Waals surface area contributed by atoms with E-state index >= 15 is 0 Å². The average Bonchev–Trinajstić information content (AvgIpc) is 2.54. The Morgan fingerprint density at radius 2 is 1.72 bits per heavy atom. The Morgan fingerprint density at radius 1 is 1.08 bits per heavy atom. The summed E-state index contributed by atoms with van der Waals surface area (Å²) < 4.78 is 22.9. The van der Waals surface area contributed by atoms with Gasteiger partial charge in [0.25, 0.3) is 5.91 Å². The van der Waals surface area contributed by atoms with Crippen molar-refractivity contribution < 1.29 is 13.2 Å². The molecule has 0 radical (unpaired) electrons. The minimum Gasteiger partial charge on any atom is -0.346 e. The van der Waals surface area contributed by atoms with Gasteiger partial charge in [0.1, 0.15) is 0 Å². The predicted molar refractivity (Wildman–Crippen MR) is 101 cm³/mol. The van der Waals surface area contributed by atoms with E-state index in [1.54, 1.807) is 43.0 Å². The number of hydrogen-bond donors (Lipinski definition) is 2. The van der Waals surface area contributed by atoms with Gasteiger partial charge in [-0.3, -0.25) is 4.79 Å². The van der Waals surface area contributed by atoms with Crippen molar-refractivity contribution >= 4 is 27.7 Å². The molecule has 0 saturated heterocycles. The normalized spacial score (nSPS) is 12.8. The second-order valence-electron chi connectivity index (χ2n) is 6.00. The highest BCUT2D eigenvalue weighted by Gasteiger charge is 2.14. The van der Waals surface area contributed by atoms with Crippen LogP contribution in [0.25, 0.3) is 0 Å². The first kappa shape index (κ1) is 19.5. The highest BCUT2D eigenvalue weighted by atomic mass is 32.2. The van der Waals surface area contributed by atoms with Crippen molar-refractivity contribution in [1.29, 1.82) is 0 Å². The highest BCUT2D eigenvalue weighted by Crippen LogP contribution is 2.23. The lowest BCUT2D eigenvalue weighted by molar-refractivity contribution is 0.0940. The lowest BCUT2D eigenvalue weighted by Gasteiger charge is -2.15. The number of nitrogens with two attached hydrogens (primary N) is 1. The van der Waals surface area contributed by atoms with Gasteiger partial charge in [-0.25, -0.2) is 13.6 Å². The third kappa shape index (κ3) is 5.59. The van der Waals surface area contributed by atoms with Gasteiger partial charge in [-0.15, -0.1) is 11.8 Å². The largest absolute Gasteiger partial charge is 0.346 e. The van der Waals surface area contributed by atoms with Crippen LogP contribution in [0.1, 0.15) is 42.7 Å². The number of amides is 1. The number of benzene rings is 2. The molecule has 0 aliphatic rings. The van der Waals surface area contributed by atoms with E-state index in [0.29, 0.717) is 16.4 Å². The molecule has 134 valence electrons. The van der Waals surface area contributed by atoms with Crippen molar-refractivity contribution in [3.8, 4) is 0 Å². The molecule has 1 atom stereocenters. The molecule has 0 heterocycles. The Hall–Kier alpha value is -1.83. The topological polar surface area (TPSA) is 89.3 Å². The first-order valence-corrected chi connectivity index (χ1v) is 10.3. The Morgan fingerprint density at radius 3 is 2.28 bits per heavy atom. The maximum absolute atomic E-state index is 12.4. The fourth-order valence-electron chi connectivity index (χ4n) is 2.28. The third-order valence-corrected chi connectivity index (χ3v) is 5.45. The lowest BCUT2D eigenvalue weighted by atomic mass is 10.1. The number of primary sulfonamides is 1. The summed E-state index contributed by atoms with van der Waals surface area (Å²) >= 11 is 1.73. The van der Waals surface area contributed by atoms with Crippen molar-refractivity contribution in [2.45, 2.75) is 41.9 Å². The summed E-state index contributed by atoms with van der Waals surface area (Å²) in [6.07, 6.45) is 0. The monoisotopic (exact) mass is 378 g/mol. The standard InChI is InChI=1S/C18H22N2O3S2/c1-12(2)24-16-9-7-14(8-10-16)18(21)20-13(3)15-5-4-6-17(11-15)25(19,22)23/h4-13H,1-3H3,(H,20,21)(H2,19,22,23)/t13-/m1/s1. The lowest BCUT2D eigenvalue weighted by Crippen LogP contribution is -2.26. The molecule has 0 bridgehead atoms. The van der Waals surface area contributed by atoms with Crippen LogP contribution in [0.3, 0.4) is 0 Å². The van der Waals surface area contributed by atoms with Crippen LogP contribution in [0.5, 0.6) is 0 Å². The van der Waals surface area contributed by atoms with E-state index < -0.39 is 10.0 Å². The molecule has 0 aliphatic carbocycles. The van der Waals surface area contributed by atoms with Gasteiger partial charge < -0.3 is 5.32 Å². The minimum atomic E-state index is -3.77. The van der Waals surface area contributed by atoms with Crippen LogP contribution in [0.15, 0.2) is 58.3 Å². The number of carbonyl (C=O) groups excluding carboxylic acids is 1. The summed E-state index contributed by atoms with van der Waals surface area (Å²) in [6, 6.07) is 13.3. The number of nitrogens with one attached hydrogen (secondary N) is 1. The molecule has 0 saturated carbocycles. The molecule has 0 unspecified atom stereocenters. The SMILES string of the molecule is CC(C)Sc1ccc(C(=O)N[C@H](C)c2cccc(S(N)(=O)=O)c2)cc1. The Labute approximate surface area is 153 Å². The van der Waals surface area contributed by atoms with Crippen molar-refractivity contribution in [2.75, 3.05) is 0 Å². The summed E-state index contributed by atoms with van der Waals surface area (Å²) in [4.78, 5) is 13.5. The van der Waals surface area contributed by atoms with Gasteiger partial charge in [0.2, 0.25) is 10.0 Å². The van der Waals surface area contributed by atoms with Gasteiger partial charge in [-0.1, -0.05) is 26.0 Å². The van der Waals surface area contributed by atoms with Crippen LogP contribution < -0.4 is 10.5 Å². The molecule has 0 aliphatic heterocycles. The second-order valence-corrected chi connectivity index (χ2v) is 9.21. The van der Waals surface area contributed by atoms with E-state index in [-0.39, 0.29) is 16.8 Å². The van der Waals surface area contributed by atoms with Crippen LogP contribution in [0.4, 0.5) is 0 Å². The molecule has 0 fully saturated rings. The first-order chi connectivity index (χ1) is 11.7. The zero-order chi connectivity index (χ0) is 18.6. The zero-order valence-corrected chi connectivity index (χ0v) is 16.0. The minimum absolute atomic E-state index is 0.0289. The van der Waals surface area contributed by atoms with Gasteiger partial charge in [-0.05, 0) is 48.9 Å².